The summed E-state index contributed by atoms with van der Waals surface area (Å²) in [6, 6.07) is 0. The minimum atomic E-state index is -2.10. The molecule has 1 fully saturated rings. The lowest BCUT2D eigenvalue weighted by Crippen LogP contribution is -2.48. The summed E-state index contributed by atoms with van der Waals surface area (Å²) in [4.78, 5) is 61.9. The Morgan fingerprint density at radius 2 is 1.70 bits per heavy atom. The Bertz CT molecular complexity index is 1070. The largest absolute Gasteiger partial charge is 0.463 e. The van der Waals surface area contributed by atoms with E-state index in [1.165, 1.54) is 0 Å². The molecular weight excluding hydrogens is 491 g/mol. The van der Waals surface area contributed by atoms with Crippen LogP contribution in [0.15, 0.2) is 15.8 Å². The third kappa shape index (κ3) is 7.81. The van der Waals surface area contributed by atoms with Gasteiger partial charge < -0.3 is 19.3 Å². The number of ketones is 1. The van der Waals surface area contributed by atoms with Gasteiger partial charge in [-0.15, -0.1) is 0 Å². The van der Waals surface area contributed by atoms with Crippen molar-refractivity contribution < 1.29 is 38.1 Å². The molecule has 1 aliphatic heterocycles. The SMILES string of the molecule is CCCCCCC(=O)OCn1c(=O)c(F)cn([C@H]2C[C@@](O)(C(=O)CCC)[C@@H](COC(=O)CCC)O2)c1=O. The highest BCUT2D eigenvalue weighted by atomic mass is 19.1. The smallest absolute Gasteiger partial charge is 0.336 e. The average molecular weight is 529 g/mol. The molecule has 2 rings (SSSR count). The lowest BCUT2D eigenvalue weighted by atomic mass is 9.88. The third-order valence-corrected chi connectivity index (χ3v) is 6.20. The van der Waals surface area contributed by atoms with Crippen molar-refractivity contribution in [2.75, 3.05) is 6.61 Å². The van der Waals surface area contributed by atoms with E-state index in [0.717, 1.165) is 23.8 Å². The maximum atomic E-state index is 14.5. The molecule has 0 unspecified atom stereocenters. The van der Waals surface area contributed by atoms with Gasteiger partial charge in [-0.25, -0.2) is 9.36 Å². The van der Waals surface area contributed by atoms with Gasteiger partial charge in [-0.1, -0.05) is 40.0 Å². The second-order valence-electron chi connectivity index (χ2n) is 9.17. The van der Waals surface area contributed by atoms with Crippen LogP contribution in [0.2, 0.25) is 0 Å². The van der Waals surface area contributed by atoms with Crippen molar-refractivity contribution in [1.29, 1.82) is 0 Å². The zero-order valence-corrected chi connectivity index (χ0v) is 21.7. The van der Waals surface area contributed by atoms with Crippen molar-refractivity contribution in [3.63, 3.8) is 0 Å². The lowest BCUT2D eigenvalue weighted by Gasteiger charge is -2.26. The molecular formula is C25H37FN2O9. The first-order valence-electron chi connectivity index (χ1n) is 12.8. The number of aliphatic hydroxyl groups is 1. The molecule has 3 atom stereocenters. The molecule has 0 amide bonds. The molecule has 1 aliphatic rings. The van der Waals surface area contributed by atoms with Crippen LogP contribution in [0, 0.1) is 5.82 Å². The number of ether oxygens (including phenoxy) is 3. The summed E-state index contributed by atoms with van der Waals surface area (Å²) in [6.45, 7) is 4.30. The van der Waals surface area contributed by atoms with Crippen LogP contribution in [0.5, 0.6) is 0 Å². The second kappa shape index (κ2) is 14.2. The van der Waals surface area contributed by atoms with Gasteiger partial charge in [-0.2, -0.15) is 4.39 Å². The van der Waals surface area contributed by atoms with E-state index >= 15 is 0 Å². The average Bonchev–Trinajstić information content (AvgIpc) is 3.20. The first-order valence-corrected chi connectivity index (χ1v) is 12.8. The Balaban J connectivity index is 2.27. The monoisotopic (exact) mass is 528 g/mol. The normalized spacial score (nSPS) is 21.1. The topological polar surface area (TPSA) is 143 Å². The number of esters is 2. The van der Waals surface area contributed by atoms with E-state index in [1.54, 1.807) is 13.8 Å². The molecule has 2 heterocycles. The molecule has 37 heavy (non-hydrogen) atoms. The predicted molar refractivity (Wildman–Crippen MR) is 129 cm³/mol. The number of aromatic nitrogens is 2. The first kappa shape index (κ1) is 30.4. The van der Waals surface area contributed by atoms with Gasteiger partial charge in [-0.05, 0) is 19.3 Å². The molecule has 0 aliphatic carbocycles. The molecule has 1 saturated heterocycles. The van der Waals surface area contributed by atoms with E-state index in [2.05, 4.69) is 0 Å². The van der Waals surface area contributed by atoms with Crippen LogP contribution >= 0.6 is 0 Å². The molecule has 1 aromatic heterocycles. The van der Waals surface area contributed by atoms with Crippen LogP contribution in [-0.2, 0) is 35.3 Å². The van der Waals surface area contributed by atoms with Gasteiger partial charge in [0.05, 0.1) is 6.20 Å². The Hall–Kier alpha value is -2.86. The molecule has 0 radical (unpaired) electrons. The zero-order chi connectivity index (χ0) is 27.6. The fourth-order valence-electron chi connectivity index (χ4n) is 4.08. The number of rotatable bonds is 15. The predicted octanol–water partition coefficient (Wildman–Crippen LogP) is 2.35. The summed E-state index contributed by atoms with van der Waals surface area (Å²) in [6.07, 6.45) is 2.06. The standard InChI is InChI=1S/C25H37FN2O9/c1-4-7-8-9-12-22(31)36-16-28-23(32)17(26)14-27(24(28)33)20-13-25(34,18(29)10-5-2)19(37-20)15-35-21(30)11-6-3/h14,19-20,34H,4-13,15-16H2,1-3H3/t19-,20-,25-/m1/s1. The van der Waals surface area contributed by atoms with Crippen LogP contribution < -0.4 is 11.2 Å². The van der Waals surface area contributed by atoms with Crippen LogP contribution in [0.1, 0.15) is 91.2 Å². The number of unbranched alkanes of at least 4 members (excludes halogenated alkanes) is 3. The molecule has 12 heteroatoms. The van der Waals surface area contributed by atoms with Crippen LogP contribution in [0.25, 0.3) is 0 Å². The summed E-state index contributed by atoms with van der Waals surface area (Å²) >= 11 is 0. The number of nitrogens with zero attached hydrogens (tertiary/aromatic N) is 2. The molecule has 0 spiro atoms. The van der Waals surface area contributed by atoms with Gasteiger partial charge in [-0.3, -0.25) is 23.7 Å². The van der Waals surface area contributed by atoms with Crippen molar-refractivity contribution in [1.82, 2.24) is 9.13 Å². The van der Waals surface area contributed by atoms with Crippen molar-refractivity contribution in [2.24, 2.45) is 0 Å². The fourth-order valence-corrected chi connectivity index (χ4v) is 4.08. The molecule has 0 saturated carbocycles. The van der Waals surface area contributed by atoms with Gasteiger partial charge in [0, 0.05) is 25.7 Å². The highest BCUT2D eigenvalue weighted by Gasteiger charge is 2.53. The van der Waals surface area contributed by atoms with Crippen molar-refractivity contribution in [3.05, 3.63) is 32.9 Å². The maximum Gasteiger partial charge on any atom is 0.336 e. The molecule has 11 nitrogen and oxygen atoms in total. The quantitative estimate of drug-likeness (QED) is 0.268. The minimum absolute atomic E-state index is 0.00293. The van der Waals surface area contributed by atoms with E-state index in [4.69, 9.17) is 14.2 Å². The Morgan fingerprint density at radius 1 is 1.03 bits per heavy atom. The molecule has 208 valence electrons. The molecule has 1 N–H and O–H groups in total. The van der Waals surface area contributed by atoms with Gasteiger partial charge >= 0.3 is 17.6 Å². The zero-order valence-electron chi connectivity index (χ0n) is 21.7. The Kier molecular flexibility index (Phi) is 11.6. The van der Waals surface area contributed by atoms with Crippen LogP contribution in [0.3, 0.4) is 0 Å². The summed E-state index contributed by atoms with van der Waals surface area (Å²) < 4.78 is 31.5. The number of carbonyl (C=O) groups is 3. The Labute approximate surface area is 214 Å². The summed E-state index contributed by atoms with van der Waals surface area (Å²) in [5, 5.41) is 11.2. The number of hydrogen-bond donors (Lipinski definition) is 1. The molecule has 0 aromatic carbocycles. The van der Waals surface area contributed by atoms with Gasteiger partial charge in [0.2, 0.25) is 5.82 Å². The number of Topliss-reactive ketones (excluding diaryl/α,β-unsaturated/α-hetero) is 1. The van der Waals surface area contributed by atoms with E-state index < -0.39 is 72.5 Å². The van der Waals surface area contributed by atoms with E-state index in [9.17, 15) is 33.5 Å². The number of carbonyl (C=O) groups excluding carboxylic acids is 3. The number of halogens is 1. The maximum absolute atomic E-state index is 14.5. The van der Waals surface area contributed by atoms with E-state index in [-0.39, 0.29) is 19.3 Å². The van der Waals surface area contributed by atoms with E-state index in [1.807, 2.05) is 6.92 Å². The van der Waals surface area contributed by atoms with Gasteiger partial charge in [0.1, 0.15) is 18.9 Å². The summed E-state index contributed by atoms with van der Waals surface area (Å²) in [5.41, 5.74) is -4.45. The van der Waals surface area contributed by atoms with Crippen LogP contribution in [-0.4, -0.2) is 50.3 Å². The lowest BCUT2D eigenvalue weighted by molar-refractivity contribution is -0.160. The fraction of sp³-hybridized carbons (Fsp3) is 0.720. The summed E-state index contributed by atoms with van der Waals surface area (Å²) in [5.74, 6) is -3.08. The van der Waals surface area contributed by atoms with E-state index in [0.29, 0.717) is 30.0 Å². The molecule has 1 aromatic rings. The highest BCUT2D eigenvalue weighted by molar-refractivity contribution is 5.88. The van der Waals surface area contributed by atoms with Crippen LogP contribution in [0.4, 0.5) is 4.39 Å². The highest BCUT2D eigenvalue weighted by Crippen LogP contribution is 2.38. The van der Waals surface area contributed by atoms with Gasteiger partial charge in [0.25, 0.3) is 5.56 Å². The minimum Gasteiger partial charge on any atom is -0.463 e. The second-order valence-corrected chi connectivity index (χ2v) is 9.17. The van der Waals surface area contributed by atoms with Crippen molar-refractivity contribution >= 4 is 17.7 Å². The van der Waals surface area contributed by atoms with Gasteiger partial charge in [0.15, 0.2) is 18.1 Å². The van der Waals surface area contributed by atoms with Crippen molar-refractivity contribution in [2.45, 2.75) is 110 Å². The molecule has 0 bridgehead atoms. The summed E-state index contributed by atoms with van der Waals surface area (Å²) in [7, 11) is 0. The number of hydrogen-bond acceptors (Lipinski definition) is 9. The van der Waals surface area contributed by atoms with Crippen molar-refractivity contribution in [3.8, 4) is 0 Å². The first-order chi connectivity index (χ1) is 17.6. The Morgan fingerprint density at radius 3 is 2.35 bits per heavy atom. The third-order valence-electron chi connectivity index (χ3n) is 6.20.